The molecule has 32 heavy (non-hydrogen) atoms. The number of nitrogens with two attached hydrogens (primary N) is 1. The van der Waals surface area contributed by atoms with E-state index in [0.29, 0.717) is 24.7 Å². The Hall–Kier alpha value is -2.06. The van der Waals surface area contributed by atoms with Gasteiger partial charge in [-0.2, -0.15) is 0 Å². The maximum absolute atomic E-state index is 13.6. The molecular weight excluding hydrogens is 424 g/mol. The molecule has 1 aromatic carbocycles. The molecule has 0 saturated carbocycles. The topological polar surface area (TPSA) is 95.7 Å². The molecule has 1 aliphatic heterocycles. The van der Waals surface area contributed by atoms with E-state index in [9.17, 15) is 14.4 Å². The predicted molar refractivity (Wildman–Crippen MR) is 130 cm³/mol. The first-order valence-electron chi connectivity index (χ1n) is 11.5. The number of carbonyl (C=O) groups excluding carboxylic acids is 3. The molecule has 1 aromatic rings. The molecule has 7 nitrogen and oxygen atoms in total. The molecule has 8 heteroatoms. The standard InChI is InChI=1S/C24H38N4O3S/c1-5-6-10-13-27(14-19-11-8-7-9-12-19)23(30)20-15-32-16-28(20)24(31)21(17(2)3)26-22(29)18(4)25/h7-9,11-12,17-18,20-21H,5-6,10,13-16,25H2,1-4H3,(H,26,29)/t18-,20-,21-/m0/s1. The lowest BCUT2D eigenvalue weighted by atomic mass is 10.0. The highest BCUT2D eigenvalue weighted by atomic mass is 32.2. The van der Waals surface area contributed by atoms with Crippen molar-refractivity contribution in [2.75, 3.05) is 18.2 Å². The van der Waals surface area contributed by atoms with Crippen molar-refractivity contribution in [1.82, 2.24) is 15.1 Å². The van der Waals surface area contributed by atoms with Crippen LogP contribution in [0, 0.1) is 5.92 Å². The summed E-state index contributed by atoms with van der Waals surface area (Å²) in [6.07, 6.45) is 3.06. The summed E-state index contributed by atoms with van der Waals surface area (Å²) in [6, 6.07) is 8.02. The number of hydrogen-bond donors (Lipinski definition) is 2. The molecule has 1 aliphatic rings. The third-order valence-electron chi connectivity index (χ3n) is 5.65. The third-order valence-corrected chi connectivity index (χ3v) is 6.67. The summed E-state index contributed by atoms with van der Waals surface area (Å²) < 4.78 is 0. The fourth-order valence-electron chi connectivity index (χ4n) is 3.68. The second-order valence-electron chi connectivity index (χ2n) is 8.80. The van der Waals surface area contributed by atoms with Crippen LogP contribution < -0.4 is 11.1 Å². The summed E-state index contributed by atoms with van der Waals surface area (Å²) >= 11 is 1.57. The second kappa shape index (κ2) is 12.8. The molecule has 2 rings (SSSR count). The van der Waals surface area contributed by atoms with Gasteiger partial charge in [-0.3, -0.25) is 14.4 Å². The van der Waals surface area contributed by atoms with Crippen LogP contribution in [0.5, 0.6) is 0 Å². The third kappa shape index (κ3) is 7.24. The Kier molecular flexibility index (Phi) is 10.5. The number of amides is 3. The molecule has 1 heterocycles. The van der Waals surface area contributed by atoms with Crippen molar-refractivity contribution in [3.63, 3.8) is 0 Å². The van der Waals surface area contributed by atoms with Crippen LogP contribution in [0.15, 0.2) is 30.3 Å². The molecule has 3 atom stereocenters. The van der Waals surface area contributed by atoms with Crippen LogP contribution in [0.1, 0.15) is 52.5 Å². The molecular formula is C24H38N4O3S. The van der Waals surface area contributed by atoms with Crippen molar-refractivity contribution < 1.29 is 14.4 Å². The molecule has 3 N–H and O–H groups in total. The van der Waals surface area contributed by atoms with Crippen LogP contribution >= 0.6 is 11.8 Å². The van der Waals surface area contributed by atoms with E-state index in [1.165, 1.54) is 0 Å². The summed E-state index contributed by atoms with van der Waals surface area (Å²) in [5.74, 6) is 0.291. The lowest BCUT2D eigenvalue weighted by Gasteiger charge is -2.33. The van der Waals surface area contributed by atoms with E-state index < -0.39 is 18.1 Å². The van der Waals surface area contributed by atoms with E-state index in [0.717, 1.165) is 24.8 Å². The first-order chi connectivity index (χ1) is 15.3. The average molecular weight is 463 g/mol. The highest BCUT2D eigenvalue weighted by molar-refractivity contribution is 7.99. The number of unbranched alkanes of at least 4 members (excludes halogenated alkanes) is 2. The van der Waals surface area contributed by atoms with Crippen molar-refractivity contribution in [3.8, 4) is 0 Å². The zero-order chi connectivity index (χ0) is 23.7. The minimum atomic E-state index is -0.704. The van der Waals surface area contributed by atoms with E-state index >= 15 is 0 Å². The van der Waals surface area contributed by atoms with Crippen LogP contribution in [0.3, 0.4) is 0 Å². The van der Waals surface area contributed by atoms with Crippen LogP contribution in [0.2, 0.25) is 0 Å². The molecule has 0 bridgehead atoms. The largest absolute Gasteiger partial charge is 0.343 e. The normalized spacial score (nSPS) is 17.8. The van der Waals surface area contributed by atoms with Crippen molar-refractivity contribution in [2.24, 2.45) is 11.7 Å². The number of nitrogens with one attached hydrogen (secondary N) is 1. The molecule has 0 radical (unpaired) electrons. The fraction of sp³-hybridized carbons (Fsp3) is 0.625. The molecule has 178 valence electrons. The van der Waals surface area contributed by atoms with Crippen molar-refractivity contribution in [1.29, 1.82) is 0 Å². The zero-order valence-electron chi connectivity index (χ0n) is 19.8. The summed E-state index contributed by atoms with van der Waals surface area (Å²) in [5, 5.41) is 2.77. The summed E-state index contributed by atoms with van der Waals surface area (Å²) in [5.41, 5.74) is 6.76. The maximum Gasteiger partial charge on any atom is 0.246 e. The minimum absolute atomic E-state index is 0.0238. The first kappa shape index (κ1) is 26.2. The van der Waals surface area contributed by atoms with Gasteiger partial charge in [-0.05, 0) is 24.8 Å². The van der Waals surface area contributed by atoms with Crippen LogP contribution in [0.4, 0.5) is 0 Å². The van der Waals surface area contributed by atoms with E-state index in [1.807, 2.05) is 49.1 Å². The number of benzene rings is 1. The van der Waals surface area contributed by atoms with E-state index in [-0.39, 0.29) is 23.6 Å². The SMILES string of the molecule is CCCCCN(Cc1ccccc1)C(=O)[C@@H]1CSCN1C(=O)[C@@H](NC(=O)[C@H](C)N)C(C)C. The van der Waals surface area contributed by atoms with Crippen molar-refractivity contribution >= 4 is 29.5 Å². The zero-order valence-corrected chi connectivity index (χ0v) is 20.6. The first-order valence-corrected chi connectivity index (χ1v) is 12.7. The monoisotopic (exact) mass is 462 g/mol. The quantitative estimate of drug-likeness (QED) is 0.493. The van der Waals surface area contributed by atoms with Gasteiger partial charge in [-0.25, -0.2) is 0 Å². The van der Waals surface area contributed by atoms with E-state index in [1.54, 1.807) is 23.6 Å². The van der Waals surface area contributed by atoms with Gasteiger partial charge in [0.25, 0.3) is 0 Å². The van der Waals surface area contributed by atoms with E-state index in [4.69, 9.17) is 5.73 Å². The Morgan fingerprint density at radius 3 is 2.47 bits per heavy atom. The van der Waals surface area contributed by atoms with Crippen LogP contribution in [0.25, 0.3) is 0 Å². The Morgan fingerprint density at radius 1 is 1.19 bits per heavy atom. The van der Waals surface area contributed by atoms with Crippen LogP contribution in [-0.4, -0.2) is 63.8 Å². The average Bonchev–Trinajstić information content (AvgIpc) is 3.26. The van der Waals surface area contributed by atoms with Crippen molar-refractivity contribution in [2.45, 2.75) is 71.6 Å². The molecule has 0 aliphatic carbocycles. The lowest BCUT2D eigenvalue weighted by Crippen LogP contribution is -2.57. The lowest BCUT2D eigenvalue weighted by molar-refractivity contribution is -0.146. The minimum Gasteiger partial charge on any atom is -0.343 e. The summed E-state index contributed by atoms with van der Waals surface area (Å²) in [4.78, 5) is 42.7. The van der Waals surface area contributed by atoms with Gasteiger partial charge >= 0.3 is 0 Å². The van der Waals surface area contributed by atoms with Gasteiger partial charge < -0.3 is 20.9 Å². The number of carbonyl (C=O) groups is 3. The molecule has 0 aromatic heterocycles. The highest BCUT2D eigenvalue weighted by Crippen LogP contribution is 2.25. The Labute approximate surface area is 196 Å². The fourth-order valence-corrected chi connectivity index (χ4v) is 4.83. The smallest absolute Gasteiger partial charge is 0.246 e. The van der Waals surface area contributed by atoms with Crippen molar-refractivity contribution in [3.05, 3.63) is 35.9 Å². The van der Waals surface area contributed by atoms with Crippen LogP contribution in [-0.2, 0) is 20.9 Å². The Bertz CT molecular complexity index is 757. The van der Waals surface area contributed by atoms with E-state index in [2.05, 4.69) is 12.2 Å². The summed E-state index contributed by atoms with van der Waals surface area (Å²) in [6.45, 7) is 8.70. The van der Waals surface area contributed by atoms with Gasteiger partial charge in [-0.15, -0.1) is 11.8 Å². The van der Waals surface area contributed by atoms with Gasteiger partial charge in [0.15, 0.2) is 0 Å². The number of hydrogen-bond acceptors (Lipinski definition) is 5. The second-order valence-corrected chi connectivity index (χ2v) is 9.79. The predicted octanol–water partition coefficient (Wildman–Crippen LogP) is 2.59. The maximum atomic E-state index is 13.6. The number of thioether (sulfide) groups is 1. The van der Waals surface area contributed by atoms with Gasteiger partial charge in [0.2, 0.25) is 17.7 Å². The van der Waals surface area contributed by atoms with Gasteiger partial charge in [-0.1, -0.05) is 63.9 Å². The Morgan fingerprint density at radius 2 is 1.88 bits per heavy atom. The number of nitrogens with zero attached hydrogens (tertiary/aromatic N) is 2. The summed E-state index contributed by atoms with van der Waals surface area (Å²) in [7, 11) is 0. The molecule has 1 saturated heterocycles. The Balaban J connectivity index is 2.18. The van der Waals surface area contributed by atoms with Gasteiger partial charge in [0.05, 0.1) is 11.9 Å². The van der Waals surface area contributed by atoms with Gasteiger partial charge in [0, 0.05) is 18.8 Å². The highest BCUT2D eigenvalue weighted by Gasteiger charge is 2.40. The molecule has 1 fully saturated rings. The number of rotatable bonds is 11. The molecule has 3 amide bonds. The molecule has 0 unspecified atom stereocenters. The molecule has 0 spiro atoms. The van der Waals surface area contributed by atoms with Gasteiger partial charge in [0.1, 0.15) is 12.1 Å².